The molecule has 2 aliphatic rings. The molecule has 156 valence electrons. The molecular weight excluding hydrogens is 388 g/mol. The summed E-state index contributed by atoms with van der Waals surface area (Å²) in [5.41, 5.74) is 0. The number of carbonyl (C=O) groups is 2. The van der Waals surface area contributed by atoms with E-state index in [9.17, 15) is 9.59 Å². The third-order valence-electron chi connectivity index (χ3n) is 2.70. The van der Waals surface area contributed by atoms with Crippen molar-refractivity contribution in [3.8, 4) is 0 Å². The minimum atomic E-state index is -1.18. The van der Waals surface area contributed by atoms with Crippen LogP contribution in [0.2, 0.25) is 0 Å². The van der Waals surface area contributed by atoms with Crippen LogP contribution < -0.4 is 0 Å². The standard InChI is InChI=1S/C6H10O3S.C5H10O3S.C3H6O3.CH4/c1-10-3-2-5-6(7)9-4-8-5;1-9-3-2-4(6)5(7)8;1-4-2-6-3-5-1;/h5H,2-4H2,1H3;4,6H,2-3H2,1H3,(H,7,8);1-3H2;1H4. The van der Waals surface area contributed by atoms with Crippen LogP contribution in [0.15, 0.2) is 0 Å². The summed E-state index contributed by atoms with van der Waals surface area (Å²) in [5.74, 6) is 0.283. The number of ether oxygens (including phenoxy) is 5. The average molecular weight is 419 g/mol. The Morgan fingerprint density at radius 1 is 1.12 bits per heavy atom. The molecule has 0 amide bonds. The number of cyclic esters (lactones) is 1. The molecule has 0 aromatic rings. The Balaban J connectivity index is 0. The first-order chi connectivity index (χ1) is 12.0. The summed E-state index contributed by atoms with van der Waals surface area (Å²) in [7, 11) is 0. The molecule has 2 heterocycles. The number of aliphatic carboxylic acids is 1. The summed E-state index contributed by atoms with van der Waals surface area (Å²) in [6.07, 6.45) is 3.48. The average Bonchev–Trinajstić information content (AvgIpc) is 3.05. The summed E-state index contributed by atoms with van der Waals surface area (Å²) in [4.78, 5) is 20.7. The zero-order valence-electron chi connectivity index (χ0n) is 14.4. The van der Waals surface area contributed by atoms with Gasteiger partial charge in [-0.05, 0) is 36.9 Å². The van der Waals surface area contributed by atoms with Gasteiger partial charge in [0.2, 0.25) is 0 Å². The van der Waals surface area contributed by atoms with Crippen LogP contribution in [0.25, 0.3) is 0 Å². The molecule has 26 heavy (non-hydrogen) atoms. The van der Waals surface area contributed by atoms with Crippen molar-refractivity contribution in [2.24, 2.45) is 0 Å². The Morgan fingerprint density at radius 3 is 2.00 bits per heavy atom. The number of esters is 1. The molecule has 0 aromatic heterocycles. The number of carboxylic acids is 1. The van der Waals surface area contributed by atoms with Gasteiger partial charge in [-0.3, -0.25) is 0 Å². The molecule has 0 spiro atoms. The summed E-state index contributed by atoms with van der Waals surface area (Å²) in [6, 6.07) is 0. The van der Waals surface area contributed by atoms with Gasteiger partial charge in [-0.2, -0.15) is 23.5 Å². The Morgan fingerprint density at radius 2 is 1.65 bits per heavy atom. The SMILES string of the molecule is C.C1OCOCO1.CSCCC(O)C(=O)O.CSCCC1OCOC1=O. The number of aliphatic hydroxyl groups is 1. The monoisotopic (exact) mass is 418 g/mol. The first-order valence-corrected chi connectivity index (χ1v) is 10.2. The maximum Gasteiger partial charge on any atom is 0.337 e. The highest BCUT2D eigenvalue weighted by molar-refractivity contribution is 7.98. The van der Waals surface area contributed by atoms with Gasteiger partial charge in [0.15, 0.2) is 39.4 Å². The lowest BCUT2D eigenvalue weighted by Gasteiger charge is -2.10. The second-order valence-corrected chi connectivity index (χ2v) is 6.59. The number of aliphatic hydroxyl groups excluding tert-OH is 1. The van der Waals surface area contributed by atoms with Crippen molar-refractivity contribution in [1.82, 2.24) is 0 Å². The Bertz CT molecular complexity index is 342. The van der Waals surface area contributed by atoms with Gasteiger partial charge in [0.1, 0.15) is 0 Å². The van der Waals surface area contributed by atoms with Gasteiger partial charge in [0.25, 0.3) is 0 Å². The summed E-state index contributed by atoms with van der Waals surface area (Å²) < 4.78 is 23.4. The predicted molar refractivity (Wildman–Crippen MR) is 100 cm³/mol. The van der Waals surface area contributed by atoms with Gasteiger partial charge in [-0.1, -0.05) is 7.43 Å². The van der Waals surface area contributed by atoms with Crippen LogP contribution in [0.5, 0.6) is 0 Å². The summed E-state index contributed by atoms with van der Waals surface area (Å²) in [6.45, 7) is 1.26. The van der Waals surface area contributed by atoms with Gasteiger partial charge in [0.05, 0.1) is 0 Å². The molecule has 2 rings (SSSR count). The molecule has 2 aliphatic heterocycles. The van der Waals surface area contributed by atoms with Crippen LogP contribution in [0.1, 0.15) is 20.3 Å². The number of carbonyl (C=O) groups excluding carboxylic acids is 1. The minimum absolute atomic E-state index is 0. The van der Waals surface area contributed by atoms with E-state index in [1.807, 2.05) is 12.5 Å². The fraction of sp³-hybridized carbons (Fsp3) is 0.867. The molecular formula is C15H30O9S2. The fourth-order valence-corrected chi connectivity index (χ4v) is 2.30. The number of carboxylic acid groups (broad SMARTS) is 1. The molecule has 0 saturated carbocycles. The molecule has 2 atom stereocenters. The van der Waals surface area contributed by atoms with Gasteiger partial charge < -0.3 is 33.9 Å². The topological polar surface area (TPSA) is 121 Å². The molecule has 11 heteroatoms. The highest BCUT2D eigenvalue weighted by atomic mass is 32.2. The maximum atomic E-state index is 10.7. The van der Waals surface area contributed by atoms with Crippen molar-refractivity contribution in [2.45, 2.75) is 32.5 Å². The lowest BCUT2D eigenvalue weighted by atomic mass is 10.3. The van der Waals surface area contributed by atoms with Crippen LogP contribution in [0, 0.1) is 0 Å². The third-order valence-corrected chi connectivity index (χ3v) is 3.99. The first-order valence-electron chi connectivity index (χ1n) is 7.43. The second kappa shape index (κ2) is 19.2. The van der Waals surface area contributed by atoms with Gasteiger partial charge in [-0.25, -0.2) is 9.59 Å². The van der Waals surface area contributed by atoms with Crippen molar-refractivity contribution in [2.75, 3.05) is 51.2 Å². The van der Waals surface area contributed by atoms with E-state index < -0.39 is 12.1 Å². The largest absolute Gasteiger partial charge is 0.479 e. The molecule has 0 bridgehead atoms. The second-order valence-electron chi connectivity index (χ2n) is 4.62. The van der Waals surface area contributed by atoms with Crippen molar-refractivity contribution in [3.63, 3.8) is 0 Å². The molecule has 2 unspecified atom stereocenters. The maximum absolute atomic E-state index is 10.7. The van der Waals surface area contributed by atoms with E-state index >= 15 is 0 Å². The Hall–Kier alpha value is -0.560. The van der Waals surface area contributed by atoms with E-state index in [0.29, 0.717) is 32.6 Å². The molecule has 0 aliphatic carbocycles. The van der Waals surface area contributed by atoms with Crippen molar-refractivity contribution in [1.29, 1.82) is 0 Å². The van der Waals surface area contributed by atoms with Crippen LogP contribution in [0.3, 0.4) is 0 Å². The lowest BCUT2D eigenvalue weighted by molar-refractivity contribution is -0.247. The molecule has 2 N–H and O–H groups in total. The zero-order chi connectivity index (χ0) is 18.9. The number of hydrogen-bond donors (Lipinski definition) is 2. The van der Waals surface area contributed by atoms with Crippen LogP contribution in [-0.2, 0) is 33.3 Å². The fourth-order valence-electron chi connectivity index (χ4n) is 1.39. The van der Waals surface area contributed by atoms with Crippen molar-refractivity contribution < 1.29 is 43.5 Å². The van der Waals surface area contributed by atoms with Crippen LogP contribution in [-0.4, -0.2) is 85.5 Å². The summed E-state index contributed by atoms with van der Waals surface area (Å²) in [5, 5.41) is 16.8. The van der Waals surface area contributed by atoms with E-state index in [2.05, 4.69) is 18.9 Å². The van der Waals surface area contributed by atoms with Crippen molar-refractivity contribution >= 4 is 35.5 Å². The molecule has 2 saturated heterocycles. The third kappa shape index (κ3) is 15.7. The lowest BCUT2D eigenvalue weighted by Crippen LogP contribution is -2.19. The highest BCUT2D eigenvalue weighted by Gasteiger charge is 2.26. The molecule has 0 radical (unpaired) electrons. The number of thioether (sulfide) groups is 2. The van der Waals surface area contributed by atoms with E-state index in [1.165, 1.54) is 11.8 Å². The first kappa shape index (κ1) is 27.7. The van der Waals surface area contributed by atoms with E-state index in [4.69, 9.17) is 14.9 Å². The highest BCUT2D eigenvalue weighted by Crippen LogP contribution is 2.11. The molecule has 0 aromatic carbocycles. The Kier molecular flexibility index (Phi) is 20.4. The smallest absolute Gasteiger partial charge is 0.337 e. The van der Waals surface area contributed by atoms with Crippen LogP contribution >= 0.6 is 23.5 Å². The zero-order valence-corrected chi connectivity index (χ0v) is 16.0. The van der Waals surface area contributed by atoms with E-state index in [1.54, 1.807) is 11.8 Å². The predicted octanol–water partition coefficient (Wildman–Crippen LogP) is 1.38. The van der Waals surface area contributed by atoms with Crippen LogP contribution in [0.4, 0.5) is 0 Å². The minimum Gasteiger partial charge on any atom is -0.479 e. The number of hydrogen-bond acceptors (Lipinski definition) is 10. The normalized spacial score (nSPS) is 19.7. The Labute approximate surface area is 163 Å². The van der Waals surface area contributed by atoms with Gasteiger partial charge in [0, 0.05) is 0 Å². The number of rotatable bonds is 7. The van der Waals surface area contributed by atoms with E-state index in [0.717, 1.165) is 12.2 Å². The van der Waals surface area contributed by atoms with Crippen molar-refractivity contribution in [3.05, 3.63) is 0 Å². The van der Waals surface area contributed by atoms with Gasteiger partial charge >= 0.3 is 11.9 Å². The molecule has 9 nitrogen and oxygen atoms in total. The summed E-state index contributed by atoms with van der Waals surface area (Å²) >= 11 is 3.23. The van der Waals surface area contributed by atoms with E-state index in [-0.39, 0.29) is 26.3 Å². The van der Waals surface area contributed by atoms with Gasteiger partial charge in [-0.15, -0.1) is 0 Å². The molecule has 2 fully saturated rings. The quantitative estimate of drug-likeness (QED) is 0.583.